The molecule has 1 N–H and O–H groups in total. The quantitative estimate of drug-likeness (QED) is 0.871. The molecule has 2 aromatic rings. The number of hydrogen-bond donors (Lipinski definition) is 1. The minimum absolute atomic E-state index is 0.0411. The van der Waals surface area contributed by atoms with Crippen molar-refractivity contribution < 1.29 is 9.59 Å². The van der Waals surface area contributed by atoms with Crippen molar-refractivity contribution in [2.45, 2.75) is 31.7 Å². The monoisotopic (exact) mass is 377 g/mol. The van der Waals surface area contributed by atoms with Crippen molar-refractivity contribution in [1.82, 2.24) is 10.2 Å². The molecule has 1 heterocycles. The first-order valence-electron chi connectivity index (χ1n) is 9.79. The van der Waals surface area contributed by atoms with Gasteiger partial charge in [-0.1, -0.05) is 61.4 Å². The van der Waals surface area contributed by atoms with Crippen LogP contribution in [0.2, 0.25) is 0 Å². The maximum absolute atomic E-state index is 12.4. The number of nitrogens with one attached hydrogen (secondary N) is 1. The smallest absolute Gasteiger partial charge is 0.251 e. The fourth-order valence-electron chi connectivity index (χ4n) is 3.74. The van der Waals surface area contributed by atoms with E-state index < -0.39 is 0 Å². The van der Waals surface area contributed by atoms with E-state index in [0.717, 1.165) is 30.7 Å². The molecule has 1 aliphatic heterocycles. The molecule has 1 aliphatic carbocycles. The van der Waals surface area contributed by atoms with Gasteiger partial charge in [-0.05, 0) is 25.0 Å². The highest BCUT2D eigenvalue weighted by Crippen LogP contribution is 2.32. The topological polar surface area (TPSA) is 61.8 Å². The van der Waals surface area contributed by atoms with Crippen LogP contribution in [0.1, 0.15) is 41.6 Å². The lowest BCUT2D eigenvalue weighted by molar-refractivity contribution is -0.133. The van der Waals surface area contributed by atoms with Crippen LogP contribution in [-0.2, 0) is 4.79 Å². The minimum Gasteiger partial charge on any atom is -0.355 e. The summed E-state index contributed by atoms with van der Waals surface area (Å²) in [4.78, 5) is 29.9. The first-order chi connectivity index (χ1) is 13.6. The maximum Gasteiger partial charge on any atom is 0.251 e. The third-order valence-electron chi connectivity index (χ3n) is 5.28. The number of fused-ring (bicyclic) bond motifs is 1. The van der Waals surface area contributed by atoms with Gasteiger partial charge in [-0.25, -0.2) is 0 Å². The van der Waals surface area contributed by atoms with Crippen molar-refractivity contribution in [3.05, 3.63) is 71.8 Å². The van der Waals surface area contributed by atoms with Gasteiger partial charge in [-0.3, -0.25) is 19.5 Å². The van der Waals surface area contributed by atoms with E-state index in [1.165, 1.54) is 6.42 Å². The molecular weight excluding hydrogens is 350 g/mol. The summed E-state index contributed by atoms with van der Waals surface area (Å²) in [6, 6.07) is 19.3. The van der Waals surface area contributed by atoms with Crippen LogP contribution in [0.5, 0.6) is 0 Å². The average molecular weight is 377 g/mol. The third kappa shape index (κ3) is 4.47. The van der Waals surface area contributed by atoms with Crippen molar-refractivity contribution in [2.75, 3.05) is 14.1 Å². The number of nitrogens with zero attached hydrogens (tertiary/aromatic N) is 2. The summed E-state index contributed by atoms with van der Waals surface area (Å²) in [6.07, 6.45) is 4.42. The van der Waals surface area contributed by atoms with Crippen LogP contribution in [0, 0.1) is 5.92 Å². The van der Waals surface area contributed by atoms with Crippen molar-refractivity contribution in [1.29, 1.82) is 0 Å². The normalized spacial score (nSPS) is 21.0. The molecule has 0 radical (unpaired) electrons. The van der Waals surface area contributed by atoms with E-state index in [0.29, 0.717) is 5.56 Å². The summed E-state index contributed by atoms with van der Waals surface area (Å²) >= 11 is 0. The molecule has 146 valence electrons. The van der Waals surface area contributed by atoms with Gasteiger partial charge < -0.3 is 5.32 Å². The van der Waals surface area contributed by atoms with Gasteiger partial charge in [0, 0.05) is 25.2 Å². The molecule has 5 nitrogen and oxygen atoms in total. The molecule has 28 heavy (non-hydrogen) atoms. The number of aliphatic imine (C=N–C) groups is 1. The van der Waals surface area contributed by atoms with Crippen molar-refractivity contribution >= 4 is 17.6 Å². The predicted octanol–water partition coefficient (Wildman–Crippen LogP) is 3.51. The second-order valence-corrected chi connectivity index (χ2v) is 7.12. The van der Waals surface area contributed by atoms with E-state index in [1.807, 2.05) is 55.6 Å². The first-order valence-corrected chi connectivity index (χ1v) is 9.79. The van der Waals surface area contributed by atoms with Gasteiger partial charge in [0.1, 0.15) is 5.84 Å². The first kappa shape index (κ1) is 19.8. The average Bonchev–Trinajstić information content (AvgIpc) is 2.77. The Kier molecular flexibility index (Phi) is 6.58. The molecule has 5 heteroatoms. The van der Waals surface area contributed by atoms with Gasteiger partial charge in [0.25, 0.3) is 5.91 Å². The highest BCUT2D eigenvalue weighted by Gasteiger charge is 2.38. The maximum atomic E-state index is 12.4. The molecule has 2 aromatic carbocycles. The number of amides is 2. The largest absolute Gasteiger partial charge is 0.355 e. The molecule has 2 atom stereocenters. The number of hydrogen-bond acceptors (Lipinski definition) is 3. The molecule has 0 bridgehead atoms. The number of carbonyl (C=O) groups excluding carboxylic acids is 2. The van der Waals surface area contributed by atoms with E-state index in [2.05, 4.69) is 5.32 Å². The van der Waals surface area contributed by atoms with E-state index in [9.17, 15) is 9.59 Å². The standard InChI is InChI=1S/C15H18N2O.C8H9NO/c1-17-14(11-7-3-2-4-8-11)16-13-10-6-5-9-12(13)15(17)18;1-9-8(10)7-5-3-2-4-6-7/h2-4,7-8,12-13H,5-6,9-10H2,1H3;2-6H,1H3,(H,9,10). The molecule has 2 aliphatic rings. The van der Waals surface area contributed by atoms with Crippen molar-refractivity contribution in [3.63, 3.8) is 0 Å². The highest BCUT2D eigenvalue weighted by molar-refractivity contribution is 6.09. The lowest BCUT2D eigenvalue weighted by atomic mass is 9.82. The molecule has 1 fully saturated rings. The minimum atomic E-state index is -0.0411. The third-order valence-corrected chi connectivity index (χ3v) is 5.28. The van der Waals surface area contributed by atoms with E-state index in [4.69, 9.17) is 4.99 Å². The predicted molar refractivity (Wildman–Crippen MR) is 111 cm³/mol. The summed E-state index contributed by atoms with van der Waals surface area (Å²) in [7, 11) is 3.47. The molecule has 0 spiro atoms. The zero-order chi connectivity index (χ0) is 19.9. The second-order valence-electron chi connectivity index (χ2n) is 7.12. The Morgan fingerprint density at radius 3 is 2.25 bits per heavy atom. The van der Waals surface area contributed by atoms with Gasteiger partial charge in [0.15, 0.2) is 0 Å². The number of benzene rings is 2. The molecule has 4 rings (SSSR count). The van der Waals surface area contributed by atoms with Gasteiger partial charge >= 0.3 is 0 Å². The summed E-state index contributed by atoms with van der Waals surface area (Å²) in [5.74, 6) is 1.16. The Bertz CT molecular complexity index is 833. The summed E-state index contributed by atoms with van der Waals surface area (Å²) in [5, 5.41) is 2.54. The van der Waals surface area contributed by atoms with Gasteiger partial charge in [0.2, 0.25) is 5.91 Å². The molecule has 0 saturated heterocycles. The SMILES string of the molecule is CN1C(=O)C2CCCCC2N=C1c1ccccc1.CNC(=O)c1ccccc1. The van der Waals surface area contributed by atoms with Crippen molar-refractivity contribution in [2.24, 2.45) is 10.9 Å². The summed E-state index contributed by atoms with van der Waals surface area (Å²) < 4.78 is 0. The lowest BCUT2D eigenvalue weighted by Gasteiger charge is -2.37. The number of rotatable bonds is 2. The summed E-state index contributed by atoms with van der Waals surface area (Å²) in [5.41, 5.74) is 1.74. The zero-order valence-corrected chi connectivity index (χ0v) is 16.5. The van der Waals surface area contributed by atoms with Crippen molar-refractivity contribution in [3.8, 4) is 0 Å². The Hall–Kier alpha value is -2.95. The zero-order valence-electron chi connectivity index (χ0n) is 16.5. The van der Waals surface area contributed by atoms with E-state index >= 15 is 0 Å². The van der Waals surface area contributed by atoms with Gasteiger partial charge in [-0.15, -0.1) is 0 Å². The summed E-state index contributed by atoms with van der Waals surface area (Å²) in [6.45, 7) is 0. The van der Waals surface area contributed by atoms with Crippen LogP contribution in [0.15, 0.2) is 65.7 Å². The fraction of sp³-hybridized carbons (Fsp3) is 0.348. The molecule has 2 unspecified atom stereocenters. The van der Waals surface area contributed by atoms with Gasteiger partial charge in [0.05, 0.1) is 12.0 Å². The second kappa shape index (κ2) is 9.31. The molecule has 2 amide bonds. The van der Waals surface area contributed by atoms with E-state index in [-0.39, 0.29) is 23.8 Å². The van der Waals surface area contributed by atoms with Crippen LogP contribution < -0.4 is 5.32 Å². The molecular formula is C23H27N3O2. The Labute approximate surface area is 166 Å². The molecule has 0 aromatic heterocycles. The van der Waals surface area contributed by atoms with Crippen LogP contribution in [-0.4, -0.2) is 42.7 Å². The number of amidine groups is 1. The highest BCUT2D eigenvalue weighted by atomic mass is 16.2. The fourth-order valence-corrected chi connectivity index (χ4v) is 3.74. The van der Waals surface area contributed by atoms with E-state index in [1.54, 1.807) is 24.1 Å². The van der Waals surface area contributed by atoms with Crippen LogP contribution in [0.3, 0.4) is 0 Å². The molecule has 1 saturated carbocycles. The Morgan fingerprint density at radius 1 is 1.00 bits per heavy atom. The lowest BCUT2D eigenvalue weighted by Crippen LogP contribution is -2.48. The van der Waals surface area contributed by atoms with Crippen LogP contribution >= 0.6 is 0 Å². The Morgan fingerprint density at radius 2 is 1.61 bits per heavy atom. The number of carbonyl (C=O) groups is 2. The van der Waals surface area contributed by atoms with Gasteiger partial charge in [-0.2, -0.15) is 0 Å². The Balaban J connectivity index is 0.000000192. The van der Waals surface area contributed by atoms with Crippen LogP contribution in [0.25, 0.3) is 0 Å². The van der Waals surface area contributed by atoms with Crippen LogP contribution in [0.4, 0.5) is 0 Å².